The lowest BCUT2D eigenvalue weighted by atomic mass is 10.0. The minimum atomic E-state index is -0.128. The van der Waals surface area contributed by atoms with Crippen molar-refractivity contribution in [2.45, 2.75) is 23.5 Å². The fourth-order valence-electron chi connectivity index (χ4n) is 3.01. The van der Waals surface area contributed by atoms with Gasteiger partial charge < -0.3 is 10.1 Å². The summed E-state index contributed by atoms with van der Waals surface area (Å²) in [5, 5.41) is 2.75. The maximum Gasteiger partial charge on any atom is 0.221 e. The van der Waals surface area contributed by atoms with Crippen molar-refractivity contribution >= 4 is 45.1 Å². The van der Waals surface area contributed by atoms with E-state index >= 15 is 0 Å². The molecule has 1 N–H and O–H groups in total. The number of hydrogen-bond acceptors (Lipinski definition) is 4. The van der Waals surface area contributed by atoms with E-state index in [4.69, 9.17) is 4.74 Å². The third-order valence-electron chi connectivity index (χ3n) is 4.47. The highest BCUT2D eigenvalue weighted by Gasteiger charge is 2.20. The number of rotatable bonds is 8. The van der Waals surface area contributed by atoms with Crippen LogP contribution < -0.4 is 10.1 Å². The van der Waals surface area contributed by atoms with Crippen LogP contribution in [0.3, 0.4) is 0 Å². The van der Waals surface area contributed by atoms with Crippen molar-refractivity contribution in [3.63, 3.8) is 0 Å². The predicted octanol–water partition coefficient (Wildman–Crippen LogP) is 6.52. The SMILES string of the molecule is COc1ccc(C(=O)C[C@@H](Sc2ccccc2NC(C)=O)c2cccc(Br)c2)cc1. The van der Waals surface area contributed by atoms with Gasteiger partial charge in [0, 0.05) is 33.5 Å². The van der Waals surface area contributed by atoms with Crippen molar-refractivity contribution < 1.29 is 14.3 Å². The first kappa shape index (κ1) is 22.1. The number of thioether (sulfide) groups is 1. The Morgan fingerprint density at radius 2 is 1.77 bits per heavy atom. The molecule has 1 atom stereocenters. The second kappa shape index (κ2) is 10.5. The van der Waals surface area contributed by atoms with Crippen molar-refractivity contribution in [2.75, 3.05) is 12.4 Å². The van der Waals surface area contributed by atoms with Gasteiger partial charge in [-0.3, -0.25) is 9.59 Å². The Morgan fingerprint density at radius 1 is 1.03 bits per heavy atom. The molecule has 0 saturated carbocycles. The van der Waals surface area contributed by atoms with Gasteiger partial charge >= 0.3 is 0 Å². The molecule has 0 heterocycles. The summed E-state index contributed by atoms with van der Waals surface area (Å²) in [7, 11) is 1.60. The molecule has 30 heavy (non-hydrogen) atoms. The number of Topliss-reactive ketones (excluding diaryl/α,β-unsaturated/α-hetero) is 1. The molecular formula is C24H22BrNO3S. The van der Waals surface area contributed by atoms with E-state index < -0.39 is 0 Å². The fraction of sp³-hybridized carbons (Fsp3) is 0.167. The monoisotopic (exact) mass is 483 g/mol. The largest absolute Gasteiger partial charge is 0.497 e. The van der Waals surface area contributed by atoms with E-state index in [0.717, 1.165) is 20.6 Å². The maximum atomic E-state index is 13.0. The predicted molar refractivity (Wildman–Crippen MR) is 125 cm³/mol. The van der Waals surface area contributed by atoms with Gasteiger partial charge in [0.1, 0.15) is 5.75 Å². The van der Waals surface area contributed by atoms with Gasteiger partial charge in [-0.2, -0.15) is 0 Å². The molecule has 0 aliphatic carbocycles. The molecule has 4 nitrogen and oxygen atoms in total. The van der Waals surface area contributed by atoms with Gasteiger partial charge in [-0.1, -0.05) is 40.2 Å². The molecule has 0 aliphatic heterocycles. The molecule has 0 radical (unpaired) electrons. The fourth-order valence-corrected chi connectivity index (χ4v) is 4.66. The number of amides is 1. The number of carbonyl (C=O) groups excluding carboxylic acids is 2. The summed E-state index contributed by atoms with van der Waals surface area (Å²) in [6.45, 7) is 1.49. The average molecular weight is 484 g/mol. The van der Waals surface area contributed by atoms with Crippen LogP contribution in [-0.2, 0) is 4.79 Å². The molecule has 0 saturated heterocycles. The number of ether oxygens (including phenoxy) is 1. The zero-order valence-corrected chi connectivity index (χ0v) is 19.1. The Kier molecular flexibility index (Phi) is 7.71. The van der Waals surface area contributed by atoms with E-state index in [1.54, 1.807) is 43.1 Å². The molecule has 0 unspecified atom stereocenters. The van der Waals surface area contributed by atoms with E-state index in [1.165, 1.54) is 6.92 Å². The summed E-state index contributed by atoms with van der Waals surface area (Å²) in [4.78, 5) is 25.5. The van der Waals surface area contributed by atoms with Gasteiger partial charge in [0.15, 0.2) is 5.78 Å². The zero-order valence-electron chi connectivity index (χ0n) is 16.7. The minimum Gasteiger partial charge on any atom is -0.497 e. The van der Waals surface area contributed by atoms with E-state index in [0.29, 0.717) is 17.7 Å². The molecule has 0 spiro atoms. The molecule has 3 aromatic rings. The standard InChI is InChI=1S/C24H22BrNO3S/c1-16(27)26-21-8-3-4-9-23(21)30-24(18-6-5-7-19(25)14-18)15-22(28)17-10-12-20(29-2)13-11-17/h3-14,24H,15H2,1-2H3,(H,26,27)/t24-/m1/s1. The summed E-state index contributed by atoms with van der Waals surface area (Å²) < 4.78 is 6.14. The second-order valence-corrected chi connectivity index (χ2v) is 8.85. The van der Waals surface area contributed by atoms with Crippen LogP contribution in [0.4, 0.5) is 5.69 Å². The topological polar surface area (TPSA) is 55.4 Å². The van der Waals surface area contributed by atoms with Crippen LogP contribution in [-0.4, -0.2) is 18.8 Å². The lowest BCUT2D eigenvalue weighted by molar-refractivity contribution is -0.114. The van der Waals surface area contributed by atoms with E-state index in [9.17, 15) is 9.59 Å². The Bertz CT molecular complexity index is 1040. The Morgan fingerprint density at radius 3 is 2.43 bits per heavy atom. The van der Waals surface area contributed by atoms with Gasteiger partial charge in [-0.05, 0) is 54.1 Å². The van der Waals surface area contributed by atoms with Gasteiger partial charge in [-0.15, -0.1) is 11.8 Å². The first-order valence-corrected chi connectivity index (χ1v) is 11.1. The Hall–Kier alpha value is -2.57. The van der Waals surface area contributed by atoms with Gasteiger partial charge in [-0.25, -0.2) is 0 Å². The smallest absolute Gasteiger partial charge is 0.221 e. The number of hydrogen-bond donors (Lipinski definition) is 1. The van der Waals surface area contributed by atoms with Crippen molar-refractivity contribution in [2.24, 2.45) is 0 Å². The van der Waals surface area contributed by atoms with Gasteiger partial charge in [0.05, 0.1) is 12.8 Å². The second-order valence-electron chi connectivity index (χ2n) is 6.69. The molecule has 0 aromatic heterocycles. The number of benzene rings is 3. The van der Waals surface area contributed by atoms with Crippen LogP contribution in [0.1, 0.15) is 34.5 Å². The lowest BCUT2D eigenvalue weighted by Crippen LogP contribution is -2.08. The first-order valence-electron chi connectivity index (χ1n) is 9.42. The first-order chi connectivity index (χ1) is 14.5. The summed E-state index contributed by atoms with van der Waals surface area (Å²) >= 11 is 5.09. The van der Waals surface area contributed by atoms with Crippen LogP contribution in [0, 0.1) is 0 Å². The molecule has 0 fully saturated rings. The highest BCUT2D eigenvalue weighted by Crippen LogP contribution is 2.42. The van der Waals surface area contributed by atoms with Crippen molar-refractivity contribution in [3.05, 3.63) is 88.4 Å². The van der Waals surface area contributed by atoms with Crippen LogP contribution in [0.5, 0.6) is 5.75 Å². The number of carbonyl (C=O) groups is 2. The number of anilines is 1. The molecule has 3 aromatic carbocycles. The van der Waals surface area contributed by atoms with Crippen LogP contribution in [0.25, 0.3) is 0 Å². The molecule has 3 rings (SSSR count). The molecule has 0 bridgehead atoms. The Balaban J connectivity index is 1.89. The summed E-state index contributed by atoms with van der Waals surface area (Å²) in [6, 6.07) is 22.8. The summed E-state index contributed by atoms with van der Waals surface area (Å²) in [6.07, 6.45) is 0.321. The molecule has 1 amide bonds. The summed E-state index contributed by atoms with van der Waals surface area (Å²) in [5.74, 6) is 0.636. The number of para-hydroxylation sites is 1. The molecule has 6 heteroatoms. The van der Waals surface area contributed by atoms with Crippen LogP contribution >= 0.6 is 27.7 Å². The van der Waals surface area contributed by atoms with E-state index in [-0.39, 0.29) is 16.9 Å². The molecular weight excluding hydrogens is 462 g/mol. The van der Waals surface area contributed by atoms with Crippen molar-refractivity contribution in [1.82, 2.24) is 0 Å². The number of methoxy groups -OCH3 is 1. The van der Waals surface area contributed by atoms with Gasteiger partial charge in [0.2, 0.25) is 5.91 Å². The van der Waals surface area contributed by atoms with Gasteiger partial charge in [0.25, 0.3) is 0 Å². The highest BCUT2D eigenvalue weighted by atomic mass is 79.9. The summed E-state index contributed by atoms with van der Waals surface area (Å²) in [5.41, 5.74) is 2.42. The van der Waals surface area contributed by atoms with Crippen LogP contribution in [0.2, 0.25) is 0 Å². The molecule has 154 valence electrons. The number of ketones is 1. The number of nitrogens with one attached hydrogen (secondary N) is 1. The third-order valence-corrected chi connectivity index (χ3v) is 6.30. The van der Waals surface area contributed by atoms with Crippen molar-refractivity contribution in [1.29, 1.82) is 0 Å². The number of halogens is 1. The molecule has 0 aliphatic rings. The maximum absolute atomic E-state index is 13.0. The van der Waals surface area contributed by atoms with E-state index in [2.05, 4.69) is 21.2 Å². The van der Waals surface area contributed by atoms with Crippen LogP contribution in [0.15, 0.2) is 82.2 Å². The third kappa shape index (κ3) is 5.97. The highest BCUT2D eigenvalue weighted by molar-refractivity contribution is 9.10. The van der Waals surface area contributed by atoms with E-state index in [1.807, 2.05) is 48.5 Å². The minimum absolute atomic E-state index is 0.0483. The zero-order chi connectivity index (χ0) is 21.5. The normalized spacial score (nSPS) is 11.6. The van der Waals surface area contributed by atoms with Crippen molar-refractivity contribution in [3.8, 4) is 5.75 Å². The Labute approximate surface area is 189 Å². The lowest BCUT2D eigenvalue weighted by Gasteiger charge is -2.19. The quantitative estimate of drug-likeness (QED) is 0.292. The average Bonchev–Trinajstić information content (AvgIpc) is 2.74.